The zero-order valence-corrected chi connectivity index (χ0v) is 15.0. The molecule has 0 saturated heterocycles. The van der Waals surface area contributed by atoms with Crippen LogP contribution in [0.5, 0.6) is 0 Å². The Balaban J connectivity index is 3.11. The Kier molecular flexibility index (Phi) is 8.19. The van der Waals surface area contributed by atoms with E-state index in [1.165, 1.54) is 13.2 Å². The monoisotopic (exact) mass is 350 g/mol. The van der Waals surface area contributed by atoms with Crippen LogP contribution in [0.3, 0.4) is 0 Å². The van der Waals surface area contributed by atoms with Crippen LogP contribution in [-0.2, 0) is 9.59 Å². The van der Waals surface area contributed by atoms with Gasteiger partial charge in [0.05, 0.1) is 21.8 Å². The average Bonchev–Trinajstić information content (AvgIpc) is 2.56. The predicted molar refractivity (Wildman–Crippen MR) is 96.4 cm³/mol. The Hall–Kier alpha value is -2.14. The first-order valence-corrected chi connectivity index (χ1v) is 8.37. The van der Waals surface area contributed by atoms with Crippen molar-refractivity contribution in [2.75, 3.05) is 12.4 Å². The molecular weight excluding hydrogens is 328 g/mol. The van der Waals surface area contributed by atoms with Gasteiger partial charge in [0.15, 0.2) is 11.6 Å². The summed E-state index contributed by atoms with van der Waals surface area (Å²) in [7, 11) is 1.52. The quantitative estimate of drug-likeness (QED) is 0.404. The van der Waals surface area contributed by atoms with E-state index in [1.807, 2.05) is 13.8 Å². The summed E-state index contributed by atoms with van der Waals surface area (Å²) in [4.78, 5) is 36.1. The minimum Gasteiger partial charge on any atom is -0.360 e. The van der Waals surface area contributed by atoms with Crippen molar-refractivity contribution in [3.05, 3.63) is 40.6 Å². The molecule has 0 fully saturated rings. The van der Waals surface area contributed by atoms with Gasteiger partial charge in [-0.15, -0.1) is 0 Å². The number of carbonyl (C=O) groups is 3. The number of hydrogen-bond acceptors (Lipinski definition) is 4. The normalized spacial score (nSPS) is 10.0. The van der Waals surface area contributed by atoms with Crippen molar-refractivity contribution in [1.82, 2.24) is 5.32 Å². The van der Waals surface area contributed by atoms with E-state index in [0.29, 0.717) is 36.9 Å². The van der Waals surface area contributed by atoms with Crippen LogP contribution < -0.4 is 10.6 Å². The lowest BCUT2D eigenvalue weighted by Crippen LogP contribution is -2.18. The molecule has 0 bridgehead atoms. The number of anilines is 1. The molecule has 1 amide bonds. The summed E-state index contributed by atoms with van der Waals surface area (Å²) in [6, 6.07) is 4.95. The molecule has 24 heavy (non-hydrogen) atoms. The molecule has 0 unspecified atom stereocenters. The second-order valence-electron chi connectivity index (χ2n) is 5.29. The van der Waals surface area contributed by atoms with Gasteiger partial charge in [0, 0.05) is 26.1 Å². The first-order chi connectivity index (χ1) is 11.5. The van der Waals surface area contributed by atoms with Gasteiger partial charge in [0.1, 0.15) is 0 Å². The van der Waals surface area contributed by atoms with Gasteiger partial charge < -0.3 is 10.6 Å². The summed E-state index contributed by atoms with van der Waals surface area (Å²) >= 11 is 6.22. The van der Waals surface area contributed by atoms with Crippen molar-refractivity contribution >= 4 is 34.8 Å². The molecule has 5 nitrogen and oxygen atoms in total. The van der Waals surface area contributed by atoms with Crippen LogP contribution in [-0.4, -0.2) is 24.5 Å². The molecule has 0 radical (unpaired) electrons. The molecule has 0 aromatic heterocycles. The maximum Gasteiger partial charge on any atom is 0.252 e. The summed E-state index contributed by atoms with van der Waals surface area (Å²) in [6.45, 7) is 3.77. The van der Waals surface area contributed by atoms with E-state index in [0.717, 1.165) is 0 Å². The first kappa shape index (κ1) is 19.9. The number of Topliss-reactive ketones (excluding diaryl/α,β-unsaturated/α-hetero) is 2. The molecule has 0 spiro atoms. The van der Waals surface area contributed by atoms with E-state index in [4.69, 9.17) is 11.6 Å². The largest absolute Gasteiger partial charge is 0.360 e. The number of allylic oxidation sites excluding steroid dienone is 1. The van der Waals surface area contributed by atoms with Crippen molar-refractivity contribution < 1.29 is 14.4 Å². The van der Waals surface area contributed by atoms with Crippen LogP contribution in [0.25, 0.3) is 0 Å². The highest BCUT2D eigenvalue weighted by Crippen LogP contribution is 2.26. The number of benzene rings is 1. The Morgan fingerprint density at radius 3 is 2.17 bits per heavy atom. The van der Waals surface area contributed by atoms with E-state index in [9.17, 15) is 14.4 Å². The molecule has 0 heterocycles. The number of ketones is 2. The number of amides is 1. The fourth-order valence-corrected chi connectivity index (χ4v) is 2.41. The summed E-state index contributed by atoms with van der Waals surface area (Å²) < 4.78 is 0. The smallest absolute Gasteiger partial charge is 0.252 e. The molecule has 0 aliphatic heterocycles. The Morgan fingerprint density at radius 2 is 1.67 bits per heavy atom. The number of rotatable bonds is 9. The average molecular weight is 351 g/mol. The highest BCUT2D eigenvalue weighted by atomic mass is 35.5. The van der Waals surface area contributed by atoms with Gasteiger partial charge >= 0.3 is 0 Å². The fourth-order valence-electron chi connectivity index (χ4n) is 2.14. The van der Waals surface area contributed by atoms with Gasteiger partial charge in [-0.05, 0) is 25.0 Å². The van der Waals surface area contributed by atoms with Gasteiger partial charge in [-0.25, -0.2) is 0 Å². The van der Waals surface area contributed by atoms with Gasteiger partial charge in [0.2, 0.25) is 0 Å². The highest BCUT2D eigenvalue weighted by molar-refractivity contribution is 6.36. The van der Waals surface area contributed by atoms with Crippen LogP contribution in [0, 0.1) is 0 Å². The maximum absolute atomic E-state index is 12.2. The summed E-state index contributed by atoms with van der Waals surface area (Å²) in [5.41, 5.74) is 0.919. The SMILES string of the molecule is CCCC(=O)C(=CNc1cccc(C(=O)NC)c1Cl)C(=O)CCC. The van der Waals surface area contributed by atoms with Crippen LogP contribution in [0.15, 0.2) is 30.0 Å². The second-order valence-corrected chi connectivity index (χ2v) is 5.67. The van der Waals surface area contributed by atoms with E-state index in [-0.39, 0.29) is 28.1 Å². The summed E-state index contributed by atoms with van der Waals surface area (Å²) in [5.74, 6) is -0.693. The van der Waals surface area contributed by atoms with Crippen LogP contribution >= 0.6 is 11.6 Å². The maximum atomic E-state index is 12.2. The molecule has 130 valence electrons. The van der Waals surface area contributed by atoms with Crippen LogP contribution in [0.2, 0.25) is 5.02 Å². The Morgan fingerprint density at radius 1 is 1.08 bits per heavy atom. The molecule has 0 saturated carbocycles. The predicted octanol–water partition coefficient (Wildman–Crippen LogP) is 3.73. The molecule has 0 atom stereocenters. The molecule has 1 rings (SSSR count). The van der Waals surface area contributed by atoms with Crippen LogP contribution in [0.4, 0.5) is 5.69 Å². The molecule has 2 N–H and O–H groups in total. The number of halogens is 1. The minimum atomic E-state index is -0.308. The van der Waals surface area contributed by atoms with E-state index in [1.54, 1.807) is 18.2 Å². The zero-order valence-electron chi connectivity index (χ0n) is 14.2. The van der Waals surface area contributed by atoms with Gasteiger partial charge in [-0.3, -0.25) is 14.4 Å². The standard InChI is InChI=1S/C18H23ClN2O3/c1-4-7-15(22)13(16(23)8-5-2)11-21-14-10-6-9-12(17(14)19)18(24)20-3/h6,9-11,21H,4-5,7-8H2,1-3H3,(H,20,24). The van der Waals surface area contributed by atoms with Gasteiger partial charge in [0.25, 0.3) is 5.91 Å². The molecule has 6 heteroatoms. The molecule has 0 aliphatic carbocycles. The van der Waals surface area contributed by atoms with E-state index in [2.05, 4.69) is 10.6 Å². The van der Waals surface area contributed by atoms with Crippen molar-refractivity contribution in [3.8, 4) is 0 Å². The molecule has 1 aromatic rings. The van der Waals surface area contributed by atoms with Crippen molar-refractivity contribution in [2.45, 2.75) is 39.5 Å². The summed E-state index contributed by atoms with van der Waals surface area (Å²) in [6.07, 6.45) is 3.36. The third-order valence-electron chi connectivity index (χ3n) is 3.40. The van der Waals surface area contributed by atoms with Gasteiger partial charge in [-0.1, -0.05) is 31.5 Å². The summed E-state index contributed by atoms with van der Waals surface area (Å²) in [5, 5.41) is 5.64. The lowest BCUT2D eigenvalue weighted by Gasteiger charge is -2.10. The van der Waals surface area contributed by atoms with Gasteiger partial charge in [-0.2, -0.15) is 0 Å². The van der Waals surface area contributed by atoms with E-state index >= 15 is 0 Å². The highest BCUT2D eigenvalue weighted by Gasteiger charge is 2.17. The lowest BCUT2D eigenvalue weighted by molar-refractivity contribution is -0.121. The fraction of sp³-hybridized carbons (Fsp3) is 0.389. The third-order valence-corrected chi connectivity index (χ3v) is 3.80. The number of hydrogen-bond donors (Lipinski definition) is 2. The third kappa shape index (κ3) is 5.20. The first-order valence-electron chi connectivity index (χ1n) is 7.99. The molecule has 1 aromatic carbocycles. The van der Waals surface area contributed by atoms with E-state index < -0.39 is 0 Å². The number of carbonyl (C=O) groups excluding carboxylic acids is 3. The lowest BCUT2D eigenvalue weighted by atomic mass is 10.0. The van der Waals surface area contributed by atoms with Crippen molar-refractivity contribution in [1.29, 1.82) is 0 Å². The minimum absolute atomic E-state index is 0.139. The Bertz CT molecular complexity index is 634. The number of nitrogens with one attached hydrogen (secondary N) is 2. The van der Waals surface area contributed by atoms with Crippen molar-refractivity contribution in [3.63, 3.8) is 0 Å². The zero-order chi connectivity index (χ0) is 18.1. The molecular formula is C18H23ClN2O3. The van der Waals surface area contributed by atoms with Crippen molar-refractivity contribution in [2.24, 2.45) is 0 Å². The molecule has 0 aliphatic rings. The van der Waals surface area contributed by atoms with Crippen LogP contribution in [0.1, 0.15) is 49.9 Å². The second kappa shape index (κ2) is 9.88. The Labute approximate surface area is 147 Å². The topological polar surface area (TPSA) is 75.3 Å².